The summed E-state index contributed by atoms with van der Waals surface area (Å²) in [6, 6.07) is 15.8. The van der Waals surface area contributed by atoms with Crippen molar-refractivity contribution in [2.24, 2.45) is 11.3 Å². The van der Waals surface area contributed by atoms with Crippen molar-refractivity contribution in [1.82, 2.24) is 0 Å². The molecule has 0 bridgehead atoms. The molecule has 0 heterocycles. The molecular weight excluding hydrogens is 505 g/mol. The third-order valence-electron chi connectivity index (χ3n) is 7.93. The molecule has 3 rings (SSSR count). The number of allylic oxidation sites excluding steroid dienone is 2. The summed E-state index contributed by atoms with van der Waals surface area (Å²) in [7, 11) is -10.9. The predicted octanol–water partition coefficient (Wildman–Crippen LogP) is 6.67. The summed E-state index contributed by atoms with van der Waals surface area (Å²) >= 11 is 0. The lowest BCUT2D eigenvalue weighted by Crippen LogP contribution is -2.51. The lowest BCUT2D eigenvalue weighted by Gasteiger charge is -2.37. The van der Waals surface area contributed by atoms with E-state index < -0.39 is 37.7 Å². The molecule has 0 fully saturated rings. The minimum Gasteiger partial charge on any atom is -0.222 e. The summed E-state index contributed by atoms with van der Waals surface area (Å²) in [5.41, 5.74) is 3.87. The van der Waals surface area contributed by atoms with Crippen molar-refractivity contribution in [1.29, 1.82) is 0 Å². The quantitative estimate of drug-likeness (QED) is 0.222. The van der Waals surface area contributed by atoms with E-state index in [9.17, 15) is 16.8 Å². The Labute approximate surface area is 219 Å². The number of rotatable bonds is 7. The highest BCUT2D eigenvalue weighted by Gasteiger charge is 2.62. The van der Waals surface area contributed by atoms with E-state index >= 15 is 0 Å². The van der Waals surface area contributed by atoms with Crippen LogP contribution in [0.15, 0.2) is 82.1 Å². The van der Waals surface area contributed by atoms with Crippen LogP contribution in [0.4, 0.5) is 0 Å². The first kappa shape index (κ1) is 28.4. The molecule has 1 aliphatic carbocycles. The van der Waals surface area contributed by atoms with E-state index in [0.717, 1.165) is 5.57 Å². The molecule has 1 unspecified atom stereocenters. The Morgan fingerprint density at radius 2 is 1.22 bits per heavy atom. The molecule has 2 aromatic carbocycles. The molecule has 0 spiro atoms. The monoisotopic (exact) mass is 542 g/mol. The van der Waals surface area contributed by atoms with Gasteiger partial charge in [-0.25, -0.2) is 16.8 Å². The minimum atomic E-state index is -4.39. The van der Waals surface area contributed by atoms with Gasteiger partial charge in [0.2, 0.25) is 0 Å². The molecule has 7 heteroatoms. The first-order chi connectivity index (χ1) is 16.4. The van der Waals surface area contributed by atoms with E-state index in [1.54, 1.807) is 43.3 Å². The zero-order valence-electron chi connectivity index (χ0n) is 22.6. The lowest BCUT2D eigenvalue weighted by atomic mass is 9.93. The Morgan fingerprint density at radius 1 is 0.833 bits per heavy atom. The Balaban J connectivity index is 2.38. The van der Waals surface area contributed by atoms with Gasteiger partial charge < -0.3 is 0 Å². The fourth-order valence-corrected chi connectivity index (χ4v) is 10.6. The van der Waals surface area contributed by atoms with Crippen LogP contribution in [0.3, 0.4) is 0 Å². The fourth-order valence-electron chi connectivity index (χ4n) is 4.40. The topological polar surface area (TPSA) is 68.3 Å². The van der Waals surface area contributed by atoms with Crippen LogP contribution in [0, 0.1) is 22.8 Å². The van der Waals surface area contributed by atoms with Gasteiger partial charge >= 0.3 is 0 Å². The maximum absolute atomic E-state index is 14.5. The second-order valence-electron chi connectivity index (χ2n) is 11.8. The predicted molar refractivity (Wildman–Crippen MR) is 151 cm³/mol. The van der Waals surface area contributed by atoms with Crippen LogP contribution in [0.1, 0.15) is 48.0 Å². The molecule has 0 aliphatic heterocycles. The summed E-state index contributed by atoms with van der Waals surface area (Å²) < 4.78 is 56.0. The molecule has 0 amide bonds. The van der Waals surface area contributed by atoms with Crippen molar-refractivity contribution in [3.05, 3.63) is 72.3 Å². The molecule has 0 aromatic heterocycles. The molecule has 36 heavy (non-hydrogen) atoms. The van der Waals surface area contributed by atoms with E-state index in [2.05, 4.69) is 45.3 Å². The van der Waals surface area contributed by atoms with Gasteiger partial charge in [-0.15, -0.1) is 11.5 Å². The Kier molecular flexibility index (Phi) is 7.35. The van der Waals surface area contributed by atoms with Gasteiger partial charge in [0.1, 0.15) is 8.07 Å². The van der Waals surface area contributed by atoms with Crippen molar-refractivity contribution in [2.75, 3.05) is 0 Å². The largest absolute Gasteiger partial charge is 0.222 e. The summed E-state index contributed by atoms with van der Waals surface area (Å²) in [4.78, 5) is -0.0194. The molecule has 0 radical (unpaired) electrons. The minimum absolute atomic E-state index is 0.00969. The van der Waals surface area contributed by atoms with Crippen molar-refractivity contribution in [3.8, 4) is 11.5 Å². The van der Waals surface area contributed by atoms with Gasteiger partial charge in [-0.3, -0.25) is 0 Å². The Morgan fingerprint density at radius 3 is 1.56 bits per heavy atom. The second kappa shape index (κ2) is 9.31. The molecule has 194 valence electrons. The highest BCUT2D eigenvalue weighted by atomic mass is 32.3. The van der Waals surface area contributed by atoms with Crippen LogP contribution in [-0.2, 0) is 19.7 Å². The van der Waals surface area contributed by atoms with E-state index in [1.807, 2.05) is 19.9 Å². The Bertz CT molecular complexity index is 1350. The highest BCUT2D eigenvalue weighted by Crippen LogP contribution is 2.56. The lowest BCUT2D eigenvalue weighted by molar-refractivity contribution is 0.471. The van der Waals surface area contributed by atoms with E-state index in [4.69, 9.17) is 0 Å². The average Bonchev–Trinajstić information content (AvgIpc) is 3.44. The molecule has 1 atom stereocenters. The number of sulfone groups is 2. The third-order valence-corrected chi connectivity index (χ3v) is 18.4. The third kappa shape index (κ3) is 4.76. The van der Waals surface area contributed by atoms with Crippen molar-refractivity contribution < 1.29 is 16.8 Å². The fraction of sp³-hybridized carbons (Fsp3) is 0.448. The van der Waals surface area contributed by atoms with Gasteiger partial charge in [0.15, 0.2) is 23.8 Å². The molecule has 4 nitrogen and oxygen atoms in total. The average molecular weight is 543 g/mol. The van der Waals surface area contributed by atoms with E-state index in [-0.39, 0.29) is 26.7 Å². The van der Waals surface area contributed by atoms with Crippen molar-refractivity contribution >= 4 is 27.7 Å². The van der Waals surface area contributed by atoms with Gasteiger partial charge in [0.25, 0.3) is 0 Å². The van der Waals surface area contributed by atoms with Crippen LogP contribution in [-0.4, -0.2) is 29.0 Å². The highest BCUT2D eigenvalue weighted by molar-refractivity contribution is 8.10. The molecule has 2 aromatic rings. The zero-order chi connectivity index (χ0) is 27.2. The van der Waals surface area contributed by atoms with Crippen LogP contribution in [0.25, 0.3) is 0 Å². The van der Waals surface area contributed by atoms with E-state index in [1.165, 1.54) is 24.3 Å². The van der Waals surface area contributed by atoms with Crippen LogP contribution in [0.2, 0.25) is 18.1 Å². The number of benzene rings is 2. The van der Waals surface area contributed by atoms with Gasteiger partial charge in [0, 0.05) is 17.8 Å². The van der Waals surface area contributed by atoms with Crippen LogP contribution >= 0.6 is 0 Å². The van der Waals surface area contributed by atoms with Crippen molar-refractivity contribution in [3.63, 3.8) is 0 Å². The molecule has 1 aliphatic rings. The summed E-state index contributed by atoms with van der Waals surface area (Å²) in [5, 5.41) is -0.0497. The van der Waals surface area contributed by atoms with Gasteiger partial charge in [-0.2, -0.15) is 0 Å². The molecule has 0 saturated heterocycles. The Hall–Kier alpha value is -2.14. The maximum atomic E-state index is 14.5. The van der Waals surface area contributed by atoms with Crippen LogP contribution < -0.4 is 0 Å². The van der Waals surface area contributed by atoms with Gasteiger partial charge in [0.05, 0.1) is 9.79 Å². The SMILES string of the molecule is CC(C1=CC1(C)C)C(CC#C[Si](C)(C)C(C)(C)C)(S(=O)(=O)c1ccccc1)S(=O)(=O)c1ccccc1. The van der Waals surface area contributed by atoms with Gasteiger partial charge in [-0.05, 0) is 29.3 Å². The number of hydrogen-bond donors (Lipinski definition) is 0. The molecular formula is C29H38O4S2Si. The van der Waals surface area contributed by atoms with Crippen LogP contribution in [0.5, 0.6) is 0 Å². The molecule has 0 saturated carbocycles. The first-order valence-electron chi connectivity index (χ1n) is 12.2. The summed E-state index contributed by atoms with van der Waals surface area (Å²) in [6.45, 7) is 16.3. The first-order valence-corrected chi connectivity index (χ1v) is 18.2. The molecule has 0 N–H and O–H groups in total. The summed E-state index contributed by atoms with van der Waals surface area (Å²) in [5.74, 6) is 2.35. The normalized spacial score (nSPS) is 16.9. The maximum Gasteiger partial charge on any atom is 0.200 e. The summed E-state index contributed by atoms with van der Waals surface area (Å²) in [6.07, 6.45) is 1.66. The zero-order valence-corrected chi connectivity index (χ0v) is 25.2. The second-order valence-corrected chi connectivity index (χ2v) is 21.5. The van der Waals surface area contributed by atoms with Crippen molar-refractivity contribution in [2.45, 2.75) is 80.0 Å². The smallest absolute Gasteiger partial charge is 0.200 e. The number of hydrogen-bond acceptors (Lipinski definition) is 4. The van der Waals surface area contributed by atoms with E-state index in [0.29, 0.717) is 0 Å². The van der Waals surface area contributed by atoms with Gasteiger partial charge in [-0.1, -0.05) is 103 Å². The standard InChI is InChI=1S/C29H38O4S2Si/c1-23(26-22-28(26,5)6)29(20-15-21-36(7,8)27(2,3)4,34(30,31)24-16-11-9-12-17-24)35(32,33)25-18-13-10-14-19-25/h9-14,16-19,22-23H,20H2,1-8H3.